The summed E-state index contributed by atoms with van der Waals surface area (Å²) in [4.78, 5) is 12.3. The fourth-order valence-corrected chi connectivity index (χ4v) is 4.66. The number of anilines is 1. The van der Waals surface area contributed by atoms with E-state index in [1.165, 1.54) is 11.3 Å². The van der Waals surface area contributed by atoms with Crippen molar-refractivity contribution in [2.75, 3.05) is 25.0 Å². The minimum absolute atomic E-state index is 0.256. The topological polar surface area (TPSA) is 72.0 Å². The number of rotatable bonds is 7. The Morgan fingerprint density at radius 2 is 1.94 bits per heavy atom. The average Bonchev–Trinajstić information content (AvgIpc) is 3.08. The number of likely N-dealkylation sites (tertiary alicyclic amines) is 1. The summed E-state index contributed by atoms with van der Waals surface area (Å²) in [6.07, 6.45) is 6.68. The summed E-state index contributed by atoms with van der Waals surface area (Å²) in [6.45, 7) is 12.6. The quantitative estimate of drug-likeness (QED) is 0.709. The summed E-state index contributed by atoms with van der Waals surface area (Å²) in [6, 6.07) is 6.97. The van der Waals surface area contributed by atoms with Crippen molar-refractivity contribution in [2.24, 2.45) is 11.7 Å². The standard InChI is InChI=1S/C25H38N6/c1-17(2)22(26)16-30-13-11-20(12-14-30)28-25-29-24-18(3)7-5-10-23(24)31(25)15-21-9-6-8-19(4)27-21/h6-9,17,20,22H,5,10-16,26H2,1-4H3,(H,28,29). The van der Waals surface area contributed by atoms with Crippen molar-refractivity contribution in [1.82, 2.24) is 19.4 Å². The molecule has 3 N–H and O–H groups in total. The molecule has 1 saturated heterocycles. The van der Waals surface area contributed by atoms with E-state index in [2.05, 4.69) is 66.8 Å². The number of hydrogen-bond donors (Lipinski definition) is 2. The molecule has 0 radical (unpaired) electrons. The minimum atomic E-state index is 0.256. The van der Waals surface area contributed by atoms with E-state index < -0.39 is 0 Å². The first-order chi connectivity index (χ1) is 14.9. The fraction of sp³-hybridized carbons (Fsp3) is 0.600. The number of aromatic nitrogens is 3. The highest BCUT2D eigenvalue weighted by molar-refractivity contribution is 5.66. The van der Waals surface area contributed by atoms with E-state index in [9.17, 15) is 0 Å². The van der Waals surface area contributed by atoms with Gasteiger partial charge in [-0.15, -0.1) is 0 Å². The molecule has 0 bridgehead atoms. The molecule has 168 valence electrons. The van der Waals surface area contributed by atoms with Crippen molar-refractivity contribution in [3.8, 4) is 0 Å². The molecule has 31 heavy (non-hydrogen) atoms. The van der Waals surface area contributed by atoms with Crippen LogP contribution >= 0.6 is 0 Å². The van der Waals surface area contributed by atoms with E-state index in [1.54, 1.807) is 0 Å². The molecule has 2 aromatic heterocycles. The predicted molar refractivity (Wildman–Crippen MR) is 128 cm³/mol. The largest absolute Gasteiger partial charge is 0.353 e. The zero-order valence-electron chi connectivity index (χ0n) is 19.6. The molecule has 0 spiro atoms. The van der Waals surface area contributed by atoms with Gasteiger partial charge >= 0.3 is 0 Å². The molecule has 1 fully saturated rings. The molecule has 0 amide bonds. The van der Waals surface area contributed by atoms with Gasteiger partial charge in [-0.05, 0) is 63.2 Å². The van der Waals surface area contributed by atoms with Crippen molar-refractivity contribution in [2.45, 2.75) is 72.0 Å². The Bertz CT molecular complexity index is 920. The van der Waals surface area contributed by atoms with Crippen LogP contribution in [0.25, 0.3) is 5.57 Å². The average molecular weight is 423 g/mol. The maximum absolute atomic E-state index is 6.30. The molecule has 2 aromatic rings. The monoisotopic (exact) mass is 422 g/mol. The Labute approximate surface area is 186 Å². The van der Waals surface area contributed by atoms with Crippen LogP contribution in [0.1, 0.15) is 62.8 Å². The van der Waals surface area contributed by atoms with Crippen LogP contribution < -0.4 is 11.1 Å². The second-order valence-corrected chi connectivity index (χ2v) is 9.64. The number of aryl methyl sites for hydroxylation is 1. The number of nitrogens with two attached hydrogens (primary N) is 1. The number of fused-ring (bicyclic) bond motifs is 1. The number of pyridine rings is 1. The number of imidazole rings is 1. The number of nitrogens with one attached hydrogen (secondary N) is 1. The maximum atomic E-state index is 6.30. The Morgan fingerprint density at radius 3 is 2.65 bits per heavy atom. The molecule has 6 heteroatoms. The van der Waals surface area contributed by atoms with Crippen LogP contribution in [0.2, 0.25) is 0 Å². The molecule has 3 heterocycles. The first kappa shape index (κ1) is 22.0. The van der Waals surface area contributed by atoms with Gasteiger partial charge < -0.3 is 20.5 Å². The van der Waals surface area contributed by atoms with E-state index in [0.29, 0.717) is 12.0 Å². The number of hydrogen-bond acceptors (Lipinski definition) is 5. The highest BCUT2D eigenvalue weighted by Crippen LogP contribution is 2.30. The first-order valence-corrected chi connectivity index (χ1v) is 11.8. The van der Waals surface area contributed by atoms with Crippen LogP contribution in [0.3, 0.4) is 0 Å². The second-order valence-electron chi connectivity index (χ2n) is 9.64. The number of nitrogens with zero attached hydrogens (tertiary/aromatic N) is 4. The first-order valence-electron chi connectivity index (χ1n) is 11.8. The normalized spacial score (nSPS) is 18.7. The summed E-state index contributed by atoms with van der Waals surface area (Å²) in [5, 5.41) is 3.80. The smallest absolute Gasteiger partial charge is 0.204 e. The van der Waals surface area contributed by atoms with Gasteiger partial charge in [-0.2, -0.15) is 0 Å². The molecular weight excluding hydrogens is 384 g/mol. The van der Waals surface area contributed by atoms with Crippen molar-refractivity contribution in [3.05, 3.63) is 47.1 Å². The lowest BCUT2D eigenvalue weighted by Crippen LogP contribution is -2.46. The Kier molecular flexibility index (Phi) is 6.77. The molecule has 2 aliphatic rings. The number of allylic oxidation sites excluding steroid dienone is 2. The SMILES string of the molecule is CC1=CCCc2c1nc(NC1CCN(CC(N)C(C)C)CC1)n2Cc1cccc(C)n1. The van der Waals surface area contributed by atoms with Gasteiger partial charge in [0.25, 0.3) is 0 Å². The molecule has 4 rings (SSSR count). The molecule has 0 aromatic carbocycles. The van der Waals surface area contributed by atoms with E-state index in [0.717, 1.165) is 74.9 Å². The van der Waals surface area contributed by atoms with Crippen LogP contribution in [-0.4, -0.2) is 51.2 Å². The number of piperidine rings is 1. The van der Waals surface area contributed by atoms with Crippen LogP contribution in [0.15, 0.2) is 24.3 Å². The highest BCUT2D eigenvalue weighted by atomic mass is 15.2. The van der Waals surface area contributed by atoms with Crippen molar-refractivity contribution >= 4 is 11.5 Å². The van der Waals surface area contributed by atoms with Gasteiger partial charge in [0.15, 0.2) is 0 Å². The summed E-state index contributed by atoms with van der Waals surface area (Å²) in [7, 11) is 0. The fourth-order valence-electron chi connectivity index (χ4n) is 4.66. The maximum Gasteiger partial charge on any atom is 0.204 e. The van der Waals surface area contributed by atoms with Gasteiger partial charge in [0, 0.05) is 43.1 Å². The molecule has 1 unspecified atom stereocenters. The van der Waals surface area contributed by atoms with Gasteiger partial charge in [0.05, 0.1) is 17.9 Å². The van der Waals surface area contributed by atoms with Crippen LogP contribution in [0.4, 0.5) is 5.95 Å². The van der Waals surface area contributed by atoms with E-state index in [4.69, 9.17) is 15.7 Å². The van der Waals surface area contributed by atoms with Crippen LogP contribution in [-0.2, 0) is 13.0 Å². The Morgan fingerprint density at radius 1 is 1.16 bits per heavy atom. The Balaban J connectivity index is 1.49. The second kappa shape index (κ2) is 9.53. The van der Waals surface area contributed by atoms with Crippen LogP contribution in [0.5, 0.6) is 0 Å². The van der Waals surface area contributed by atoms with Crippen molar-refractivity contribution < 1.29 is 0 Å². The third-order valence-corrected chi connectivity index (χ3v) is 6.79. The molecular formula is C25H38N6. The molecule has 1 aliphatic carbocycles. The summed E-state index contributed by atoms with van der Waals surface area (Å²) >= 11 is 0. The lowest BCUT2D eigenvalue weighted by atomic mass is 10.0. The zero-order valence-corrected chi connectivity index (χ0v) is 19.6. The molecule has 1 atom stereocenters. The minimum Gasteiger partial charge on any atom is -0.353 e. The highest BCUT2D eigenvalue weighted by Gasteiger charge is 2.25. The van der Waals surface area contributed by atoms with Crippen molar-refractivity contribution in [3.63, 3.8) is 0 Å². The molecule has 1 aliphatic heterocycles. The predicted octanol–water partition coefficient (Wildman–Crippen LogP) is 3.84. The molecule has 0 saturated carbocycles. The zero-order chi connectivity index (χ0) is 22.0. The van der Waals surface area contributed by atoms with Gasteiger partial charge in [0.1, 0.15) is 0 Å². The summed E-state index contributed by atoms with van der Waals surface area (Å²) in [5.41, 5.74) is 12.2. The van der Waals surface area contributed by atoms with Gasteiger partial charge in [-0.3, -0.25) is 4.98 Å². The molecule has 6 nitrogen and oxygen atoms in total. The summed E-state index contributed by atoms with van der Waals surface area (Å²) < 4.78 is 2.37. The van der Waals surface area contributed by atoms with Gasteiger partial charge in [0.2, 0.25) is 5.95 Å². The third kappa shape index (κ3) is 5.18. The lowest BCUT2D eigenvalue weighted by molar-refractivity contribution is 0.194. The van der Waals surface area contributed by atoms with Crippen LogP contribution in [0, 0.1) is 12.8 Å². The van der Waals surface area contributed by atoms with E-state index in [-0.39, 0.29) is 6.04 Å². The third-order valence-electron chi connectivity index (χ3n) is 6.79. The summed E-state index contributed by atoms with van der Waals surface area (Å²) in [5.74, 6) is 1.53. The van der Waals surface area contributed by atoms with E-state index >= 15 is 0 Å². The Hall–Kier alpha value is -2.18. The van der Waals surface area contributed by atoms with Gasteiger partial charge in [-0.1, -0.05) is 26.0 Å². The lowest BCUT2D eigenvalue weighted by Gasteiger charge is -2.34. The van der Waals surface area contributed by atoms with Gasteiger partial charge in [-0.25, -0.2) is 4.98 Å². The van der Waals surface area contributed by atoms with E-state index in [1.807, 2.05) is 0 Å². The van der Waals surface area contributed by atoms with Crippen molar-refractivity contribution in [1.29, 1.82) is 0 Å².